The van der Waals surface area contributed by atoms with Gasteiger partial charge in [0.25, 0.3) is 0 Å². The van der Waals surface area contributed by atoms with Crippen LogP contribution in [0.15, 0.2) is 0 Å². The molecule has 1 N–H and O–H groups in total. The maximum atomic E-state index is 8.55. The van der Waals surface area contributed by atoms with Gasteiger partial charge in [0.15, 0.2) is 0 Å². The van der Waals surface area contributed by atoms with Crippen LogP contribution < -0.4 is 44.0 Å². The smallest absolute Gasteiger partial charge is 0.870 e. The van der Waals surface area contributed by atoms with Gasteiger partial charge in [-0.1, -0.05) is 0 Å². The first-order valence-electron chi connectivity index (χ1n) is 2.19. The molecule has 0 fully saturated rings. The van der Waals surface area contributed by atoms with Gasteiger partial charge >= 0.3 is 189 Å². The predicted octanol–water partition coefficient (Wildman–Crippen LogP) is -10.6. The van der Waals surface area contributed by atoms with E-state index < -0.39 is 23.5 Å². The fourth-order valence-corrected chi connectivity index (χ4v) is 0. The Morgan fingerprint density at radius 2 is 0.381 bits per heavy atom. The molecular formula is HCa5O13P3. The fourth-order valence-electron chi connectivity index (χ4n) is 0. The van der Waals surface area contributed by atoms with Crippen LogP contribution in [0.5, 0.6) is 0 Å². The molecule has 0 aromatic carbocycles. The first kappa shape index (κ1) is 56.4. The van der Waals surface area contributed by atoms with Crippen molar-refractivity contribution in [3.63, 3.8) is 0 Å². The van der Waals surface area contributed by atoms with E-state index in [0.717, 1.165) is 0 Å². The first-order valence-corrected chi connectivity index (χ1v) is 6.57. The third kappa shape index (κ3) is 370. The third-order valence-corrected chi connectivity index (χ3v) is 0. The Balaban J connectivity index is -0.0000000129. The van der Waals surface area contributed by atoms with E-state index in [1.54, 1.807) is 0 Å². The number of hydrogen-bond donors (Lipinski definition) is 0. The second kappa shape index (κ2) is 28.8. The van der Waals surface area contributed by atoms with Gasteiger partial charge in [0.1, 0.15) is 0 Å². The molecule has 21 heavy (non-hydrogen) atoms. The molecule has 104 valence electrons. The average molecular weight is 502 g/mol. The summed E-state index contributed by atoms with van der Waals surface area (Å²) in [6.07, 6.45) is 0. The zero-order valence-corrected chi connectivity index (χ0v) is 23.9. The molecule has 0 spiro atoms. The molecule has 0 saturated carbocycles. The molecule has 0 aromatic rings. The summed E-state index contributed by atoms with van der Waals surface area (Å²) >= 11 is 0. The SMILES string of the molecule is O=P([O-])([O-])[O-].O=P([O-])([O-])[O-].O=P([O-])([O-])[O-].[Ca+2].[Ca+2].[Ca+2].[Ca+2].[Ca+2].[OH-]. The van der Waals surface area contributed by atoms with Gasteiger partial charge in [0.05, 0.1) is 0 Å². The molecule has 0 unspecified atom stereocenters. The van der Waals surface area contributed by atoms with E-state index >= 15 is 0 Å². The Bertz CT molecular complexity index is 214. The molecule has 0 amide bonds. The van der Waals surface area contributed by atoms with Crippen LogP contribution in [0, 0.1) is 0 Å². The van der Waals surface area contributed by atoms with Crippen molar-refractivity contribution in [1.29, 1.82) is 0 Å². The van der Waals surface area contributed by atoms with E-state index in [0.29, 0.717) is 0 Å². The Kier molecular flexibility index (Phi) is 77.4. The minimum Gasteiger partial charge on any atom is -0.870 e. The maximum absolute atomic E-state index is 8.55. The van der Waals surface area contributed by atoms with E-state index in [9.17, 15) is 0 Å². The van der Waals surface area contributed by atoms with E-state index in [2.05, 4.69) is 0 Å². The summed E-state index contributed by atoms with van der Waals surface area (Å²) in [6, 6.07) is 0. The van der Waals surface area contributed by atoms with Gasteiger partial charge < -0.3 is 63.2 Å². The molecule has 21 heteroatoms. The molecule has 0 radical (unpaired) electrons. The molecule has 0 saturated heterocycles. The topological polar surface area (TPSA) is 289 Å². The van der Waals surface area contributed by atoms with Gasteiger partial charge in [-0.15, -0.1) is 0 Å². The van der Waals surface area contributed by atoms with Crippen molar-refractivity contribution in [1.82, 2.24) is 0 Å². The quantitative estimate of drug-likeness (QED) is 0.220. The van der Waals surface area contributed by atoms with E-state index in [4.69, 9.17) is 57.7 Å². The van der Waals surface area contributed by atoms with E-state index in [1.165, 1.54) is 0 Å². The molecule has 0 aliphatic rings. The van der Waals surface area contributed by atoms with E-state index in [-0.39, 0.29) is 194 Å². The zero-order chi connectivity index (χ0) is 13.5. The third-order valence-electron chi connectivity index (χ3n) is 0. The molecule has 0 atom stereocenters. The van der Waals surface area contributed by atoms with Crippen LogP contribution in [0.2, 0.25) is 0 Å². The summed E-state index contributed by atoms with van der Waals surface area (Å²) < 4.78 is 25.6. The summed E-state index contributed by atoms with van der Waals surface area (Å²) in [7, 11) is -16.2. The van der Waals surface area contributed by atoms with Gasteiger partial charge in [-0.25, -0.2) is 0 Å². The maximum Gasteiger partial charge on any atom is 2.00 e. The minimum atomic E-state index is -5.39. The molecule has 0 aliphatic carbocycles. The average Bonchev–Trinajstić information content (AvgIpc) is 1.41. The zero-order valence-electron chi connectivity index (χ0n) is 10.2. The van der Waals surface area contributed by atoms with Crippen molar-refractivity contribution in [3.05, 3.63) is 0 Å². The van der Waals surface area contributed by atoms with Crippen LogP contribution in [-0.2, 0) is 13.7 Å². The summed E-state index contributed by atoms with van der Waals surface area (Å²) in [4.78, 5) is 76.9. The van der Waals surface area contributed by atoms with Gasteiger partial charge in [0.2, 0.25) is 0 Å². The molecular weight excluding hydrogens is 501 g/mol. The molecule has 0 bridgehead atoms. The van der Waals surface area contributed by atoms with Gasteiger partial charge in [-0.2, -0.15) is 23.5 Å². The van der Waals surface area contributed by atoms with Crippen LogP contribution in [-0.4, -0.2) is 194 Å². The standard InChI is InChI=1S/5Ca.3H3O4P.H2O/c;;;;;3*1-5(2,3)4;/h;;;;;3*(H3,1,2,3,4);1H2/q5*+2;;;;/p-10. The van der Waals surface area contributed by atoms with Crippen LogP contribution >= 0.6 is 23.5 Å². The fraction of sp³-hybridized carbons (Fsp3) is 0. The summed E-state index contributed by atoms with van der Waals surface area (Å²) in [5.41, 5.74) is 0. The summed E-state index contributed by atoms with van der Waals surface area (Å²) in [5, 5.41) is 0. The number of phosphoric acid groups is 3. The van der Waals surface area contributed by atoms with Crippen molar-refractivity contribution >= 4 is 212 Å². The van der Waals surface area contributed by atoms with Gasteiger partial charge in [-0.05, 0) is 0 Å². The van der Waals surface area contributed by atoms with Crippen LogP contribution in [0.1, 0.15) is 0 Å². The predicted molar refractivity (Wildman–Crippen MR) is 53.5 cm³/mol. The summed E-state index contributed by atoms with van der Waals surface area (Å²) in [6.45, 7) is 0. The molecule has 0 rings (SSSR count). The Hall–Kier alpha value is 6.59. The van der Waals surface area contributed by atoms with Crippen molar-refractivity contribution in [2.24, 2.45) is 0 Å². The number of hydrogen-bond acceptors (Lipinski definition) is 13. The molecule has 0 aromatic heterocycles. The second-order valence-corrected chi connectivity index (χ2v) is 4.02. The number of rotatable bonds is 0. The van der Waals surface area contributed by atoms with Crippen molar-refractivity contribution in [2.45, 2.75) is 0 Å². The van der Waals surface area contributed by atoms with Crippen LogP contribution in [0.4, 0.5) is 0 Å². The largest absolute Gasteiger partial charge is 2.00 e. The van der Waals surface area contributed by atoms with E-state index in [1.807, 2.05) is 0 Å². The summed E-state index contributed by atoms with van der Waals surface area (Å²) in [5.74, 6) is 0. The molecule has 13 nitrogen and oxygen atoms in total. The second-order valence-electron chi connectivity index (χ2n) is 1.34. The Labute approximate surface area is 268 Å². The Morgan fingerprint density at radius 3 is 0.381 bits per heavy atom. The molecule has 0 heterocycles. The van der Waals surface area contributed by atoms with Crippen molar-refractivity contribution < 1.29 is 63.2 Å². The van der Waals surface area contributed by atoms with Crippen LogP contribution in [0.3, 0.4) is 0 Å². The van der Waals surface area contributed by atoms with Crippen molar-refractivity contribution in [2.75, 3.05) is 0 Å². The van der Waals surface area contributed by atoms with Gasteiger partial charge in [0, 0.05) is 0 Å². The van der Waals surface area contributed by atoms with Crippen LogP contribution in [0.25, 0.3) is 0 Å². The normalized spacial score (nSPS) is 8.43. The molecule has 0 aliphatic heterocycles. The Morgan fingerprint density at radius 1 is 0.381 bits per heavy atom. The minimum absolute atomic E-state index is 0. The monoisotopic (exact) mass is 502 g/mol. The van der Waals surface area contributed by atoms with Crippen molar-refractivity contribution in [3.8, 4) is 0 Å². The first-order chi connectivity index (χ1) is 6.00. The van der Waals surface area contributed by atoms with Gasteiger partial charge in [-0.3, -0.25) is 0 Å².